The number of pyridine rings is 2. The molecule has 3 heterocycles. The number of nitrogen functional groups attached to an aromatic ring is 1. The zero-order valence-corrected chi connectivity index (χ0v) is 13.8. The van der Waals surface area contributed by atoms with Gasteiger partial charge in [-0.25, -0.2) is 4.98 Å². The van der Waals surface area contributed by atoms with Crippen LogP contribution in [-0.2, 0) is 0 Å². The average Bonchev–Trinajstić information content (AvgIpc) is 2.95. The van der Waals surface area contributed by atoms with Crippen molar-refractivity contribution in [1.82, 2.24) is 14.5 Å². The van der Waals surface area contributed by atoms with Crippen molar-refractivity contribution in [1.29, 1.82) is 0 Å². The third-order valence-corrected chi connectivity index (χ3v) is 4.35. The van der Waals surface area contributed by atoms with Gasteiger partial charge in [0.05, 0.1) is 17.4 Å². The zero-order valence-electron chi connectivity index (χ0n) is 13.1. The molecule has 0 fully saturated rings. The van der Waals surface area contributed by atoms with Gasteiger partial charge in [0.2, 0.25) is 0 Å². The number of hydrogen-bond acceptors (Lipinski definition) is 3. The molecule has 0 saturated carbocycles. The molecule has 0 unspecified atom stereocenters. The van der Waals surface area contributed by atoms with E-state index in [9.17, 15) is 0 Å². The van der Waals surface area contributed by atoms with E-state index in [0.29, 0.717) is 10.8 Å². The first kappa shape index (κ1) is 14.7. The number of halogens is 1. The van der Waals surface area contributed by atoms with E-state index in [1.807, 2.05) is 55.7 Å². The molecule has 4 aromatic rings. The van der Waals surface area contributed by atoms with Crippen molar-refractivity contribution in [2.24, 2.45) is 0 Å². The maximum Gasteiger partial charge on any atom is 0.123 e. The predicted octanol–water partition coefficient (Wildman–Crippen LogP) is 4.63. The van der Waals surface area contributed by atoms with E-state index in [2.05, 4.69) is 20.6 Å². The second-order valence-electron chi connectivity index (χ2n) is 5.70. The molecule has 24 heavy (non-hydrogen) atoms. The van der Waals surface area contributed by atoms with Crippen LogP contribution in [0, 0.1) is 6.92 Å². The minimum Gasteiger partial charge on any atom is -0.384 e. The highest BCUT2D eigenvalue weighted by Crippen LogP contribution is 2.33. The summed E-state index contributed by atoms with van der Waals surface area (Å²) in [5.74, 6) is 0.520. The van der Waals surface area contributed by atoms with Crippen LogP contribution >= 0.6 is 11.6 Å². The van der Waals surface area contributed by atoms with Crippen molar-refractivity contribution in [3.05, 3.63) is 71.6 Å². The Bertz CT molecular complexity index is 1040. The maximum atomic E-state index is 6.05. The number of aryl methyl sites for hydroxylation is 1. The van der Waals surface area contributed by atoms with Crippen LogP contribution < -0.4 is 5.73 Å². The molecule has 4 rings (SSSR count). The Balaban J connectivity index is 2.05. The lowest BCUT2D eigenvalue weighted by atomic mass is 10.1. The molecule has 4 nitrogen and oxygen atoms in total. The normalized spacial score (nSPS) is 11.1. The molecular weight excluding hydrogens is 320 g/mol. The van der Waals surface area contributed by atoms with Crippen molar-refractivity contribution in [3.8, 4) is 16.9 Å². The summed E-state index contributed by atoms with van der Waals surface area (Å²) < 4.78 is 2.17. The van der Waals surface area contributed by atoms with Crippen LogP contribution in [0.4, 0.5) is 5.82 Å². The van der Waals surface area contributed by atoms with E-state index in [0.717, 1.165) is 33.4 Å². The van der Waals surface area contributed by atoms with E-state index in [1.165, 1.54) is 0 Å². The molecule has 0 radical (unpaired) electrons. The molecule has 0 spiro atoms. The molecule has 0 amide bonds. The molecule has 0 aliphatic rings. The standard InChI is InChI=1S/C19H15ClN4/c1-12-8-19(21)23-10-16(12)17-9-13-6-7-22-11-18(13)24(17)15-4-2-14(20)3-5-15/h2-11H,1H3,(H2,21,23). The first-order valence-electron chi connectivity index (χ1n) is 7.57. The van der Waals surface area contributed by atoms with Crippen LogP contribution in [0.1, 0.15) is 5.56 Å². The molecule has 1 aromatic carbocycles. The predicted molar refractivity (Wildman–Crippen MR) is 98.5 cm³/mol. The fraction of sp³-hybridized carbons (Fsp3) is 0.0526. The first-order chi connectivity index (χ1) is 11.6. The third kappa shape index (κ3) is 2.41. The molecule has 118 valence electrons. The molecule has 0 atom stereocenters. The lowest BCUT2D eigenvalue weighted by Gasteiger charge is -2.13. The fourth-order valence-electron chi connectivity index (χ4n) is 2.96. The Kier molecular flexibility index (Phi) is 3.47. The minimum atomic E-state index is 0.520. The number of nitrogens with zero attached hydrogens (tertiary/aromatic N) is 3. The van der Waals surface area contributed by atoms with Crippen LogP contribution in [0.3, 0.4) is 0 Å². The SMILES string of the molecule is Cc1cc(N)ncc1-c1cc2ccncc2n1-c1ccc(Cl)cc1. The third-order valence-electron chi connectivity index (χ3n) is 4.10. The van der Waals surface area contributed by atoms with Gasteiger partial charge in [0.25, 0.3) is 0 Å². The number of benzene rings is 1. The Hall–Kier alpha value is -2.85. The first-order valence-corrected chi connectivity index (χ1v) is 7.95. The number of aromatic nitrogens is 3. The Labute approximate surface area is 144 Å². The van der Waals surface area contributed by atoms with Crippen LogP contribution in [0.25, 0.3) is 27.8 Å². The van der Waals surface area contributed by atoms with Gasteiger partial charge in [0.1, 0.15) is 5.82 Å². The molecule has 3 aromatic heterocycles. The highest BCUT2D eigenvalue weighted by Gasteiger charge is 2.14. The van der Waals surface area contributed by atoms with Gasteiger partial charge in [-0.05, 0) is 55.0 Å². The average molecular weight is 335 g/mol. The van der Waals surface area contributed by atoms with Gasteiger partial charge in [0.15, 0.2) is 0 Å². The molecule has 5 heteroatoms. The smallest absolute Gasteiger partial charge is 0.123 e. The molecule has 0 bridgehead atoms. The second-order valence-corrected chi connectivity index (χ2v) is 6.14. The van der Waals surface area contributed by atoms with Crippen molar-refractivity contribution in [3.63, 3.8) is 0 Å². The van der Waals surface area contributed by atoms with Gasteiger partial charge in [-0.1, -0.05) is 11.6 Å². The van der Waals surface area contributed by atoms with Crippen LogP contribution in [0.15, 0.2) is 61.1 Å². The van der Waals surface area contributed by atoms with E-state index in [1.54, 1.807) is 6.20 Å². The zero-order chi connectivity index (χ0) is 16.7. The van der Waals surface area contributed by atoms with Crippen molar-refractivity contribution >= 4 is 28.3 Å². The number of hydrogen-bond donors (Lipinski definition) is 1. The van der Waals surface area contributed by atoms with Gasteiger partial charge in [-0.15, -0.1) is 0 Å². The van der Waals surface area contributed by atoms with Gasteiger partial charge in [-0.2, -0.15) is 0 Å². The van der Waals surface area contributed by atoms with Crippen LogP contribution in [-0.4, -0.2) is 14.5 Å². The summed E-state index contributed by atoms with van der Waals surface area (Å²) in [5, 5.41) is 1.83. The Morgan fingerprint density at radius 3 is 2.58 bits per heavy atom. The van der Waals surface area contributed by atoms with Crippen molar-refractivity contribution in [2.45, 2.75) is 6.92 Å². The molecule has 0 saturated heterocycles. The summed E-state index contributed by atoms with van der Waals surface area (Å²) in [4.78, 5) is 8.54. The van der Waals surface area contributed by atoms with Gasteiger partial charge in [0, 0.05) is 34.1 Å². The topological polar surface area (TPSA) is 56.7 Å². The fourth-order valence-corrected chi connectivity index (χ4v) is 3.09. The highest BCUT2D eigenvalue weighted by molar-refractivity contribution is 6.30. The van der Waals surface area contributed by atoms with Crippen molar-refractivity contribution in [2.75, 3.05) is 5.73 Å². The van der Waals surface area contributed by atoms with E-state index in [4.69, 9.17) is 17.3 Å². The van der Waals surface area contributed by atoms with E-state index >= 15 is 0 Å². The quantitative estimate of drug-likeness (QED) is 0.581. The summed E-state index contributed by atoms with van der Waals surface area (Å²) in [5.41, 5.74) is 11.0. The molecule has 2 N–H and O–H groups in total. The second kappa shape index (κ2) is 5.65. The van der Waals surface area contributed by atoms with Crippen LogP contribution in [0.5, 0.6) is 0 Å². The summed E-state index contributed by atoms with van der Waals surface area (Å²) in [6.45, 7) is 2.04. The Morgan fingerprint density at radius 1 is 1.04 bits per heavy atom. The monoisotopic (exact) mass is 334 g/mol. The van der Waals surface area contributed by atoms with Crippen molar-refractivity contribution < 1.29 is 0 Å². The molecule has 0 aliphatic carbocycles. The van der Waals surface area contributed by atoms with E-state index in [-0.39, 0.29) is 0 Å². The minimum absolute atomic E-state index is 0.520. The summed E-state index contributed by atoms with van der Waals surface area (Å²) in [7, 11) is 0. The Morgan fingerprint density at radius 2 is 1.83 bits per heavy atom. The van der Waals surface area contributed by atoms with Crippen LogP contribution in [0.2, 0.25) is 5.02 Å². The summed E-state index contributed by atoms with van der Waals surface area (Å²) in [6.07, 6.45) is 5.48. The summed E-state index contributed by atoms with van der Waals surface area (Å²) in [6, 6.07) is 13.8. The molecular formula is C19H15ClN4. The highest BCUT2D eigenvalue weighted by atomic mass is 35.5. The van der Waals surface area contributed by atoms with Gasteiger partial charge < -0.3 is 10.3 Å². The summed E-state index contributed by atoms with van der Waals surface area (Å²) >= 11 is 6.05. The number of nitrogens with two attached hydrogens (primary N) is 1. The number of fused-ring (bicyclic) bond motifs is 1. The molecule has 0 aliphatic heterocycles. The van der Waals surface area contributed by atoms with Gasteiger partial charge in [-0.3, -0.25) is 4.98 Å². The number of rotatable bonds is 2. The van der Waals surface area contributed by atoms with Gasteiger partial charge >= 0.3 is 0 Å². The van der Waals surface area contributed by atoms with E-state index < -0.39 is 0 Å². The number of anilines is 1. The lowest BCUT2D eigenvalue weighted by Crippen LogP contribution is -1.99. The maximum absolute atomic E-state index is 6.05. The largest absolute Gasteiger partial charge is 0.384 e. The lowest BCUT2D eigenvalue weighted by molar-refractivity contribution is 1.11.